The van der Waals surface area contributed by atoms with Gasteiger partial charge in [-0.3, -0.25) is 0 Å². The summed E-state index contributed by atoms with van der Waals surface area (Å²) < 4.78 is 0. The molecule has 2 aromatic rings. The Morgan fingerprint density at radius 3 is 2.79 bits per heavy atom. The van der Waals surface area contributed by atoms with E-state index in [2.05, 4.69) is 76.1 Å². The van der Waals surface area contributed by atoms with E-state index in [1.807, 2.05) is 0 Å². The van der Waals surface area contributed by atoms with Crippen LogP contribution in [0.4, 0.5) is 0 Å². The third kappa shape index (κ3) is 1.52. The van der Waals surface area contributed by atoms with Gasteiger partial charge in [0.1, 0.15) is 0 Å². The smallest absolute Gasteiger partial charge is 0.0836 e. The fourth-order valence-electron chi connectivity index (χ4n) is 5.03. The largest absolute Gasteiger partial charge is 0.193 e. The fourth-order valence-corrected chi connectivity index (χ4v) is 5.03. The standard InChI is InChI=1S/C22H16B2/c1-22-12-13-6-2-3-7-14(13)21(22)17-11-19-16(10-20(17)24-22)15-8-4-5-9-18(15)23-19/h3-5,7-12H,2,6H2,1H3/t22-/m1/s1. The number of benzene rings is 2. The zero-order valence-electron chi connectivity index (χ0n) is 13.8. The van der Waals surface area contributed by atoms with Gasteiger partial charge in [0.2, 0.25) is 0 Å². The van der Waals surface area contributed by atoms with E-state index in [9.17, 15) is 0 Å². The Balaban J connectivity index is 1.59. The van der Waals surface area contributed by atoms with E-state index in [1.54, 1.807) is 5.57 Å². The van der Waals surface area contributed by atoms with E-state index >= 15 is 0 Å². The molecule has 0 saturated heterocycles. The van der Waals surface area contributed by atoms with Crippen molar-refractivity contribution in [2.45, 2.75) is 25.1 Å². The summed E-state index contributed by atoms with van der Waals surface area (Å²) in [6.07, 6.45) is 9.56. The lowest BCUT2D eigenvalue weighted by Gasteiger charge is -2.18. The lowest BCUT2D eigenvalue weighted by Crippen LogP contribution is -2.24. The Labute approximate surface area is 144 Å². The minimum Gasteiger partial charge on any atom is -0.0836 e. The van der Waals surface area contributed by atoms with Crippen molar-refractivity contribution in [1.29, 1.82) is 0 Å². The predicted octanol–water partition coefficient (Wildman–Crippen LogP) is 2.89. The van der Waals surface area contributed by atoms with Crippen LogP contribution < -0.4 is 16.4 Å². The van der Waals surface area contributed by atoms with Crippen molar-refractivity contribution in [2.24, 2.45) is 0 Å². The van der Waals surface area contributed by atoms with Gasteiger partial charge in [-0.05, 0) is 51.6 Å². The maximum atomic E-state index is 2.50. The molecule has 24 heavy (non-hydrogen) atoms. The first-order chi connectivity index (χ1) is 11.7. The molecule has 2 radical (unpaired) electrons. The number of hydrogen-bond donors (Lipinski definition) is 0. The summed E-state index contributed by atoms with van der Waals surface area (Å²) in [5.74, 6) is 0. The summed E-state index contributed by atoms with van der Waals surface area (Å²) >= 11 is 0. The SMILES string of the molecule is C[C@]12[B]c3cc4c(cc3C1=C1C=CCCC1=C2)[B]c1ccccc1-4. The van der Waals surface area contributed by atoms with Gasteiger partial charge in [0.25, 0.3) is 0 Å². The van der Waals surface area contributed by atoms with E-state index in [1.165, 1.54) is 57.1 Å². The molecule has 110 valence electrons. The average Bonchev–Trinajstić information content (AvgIpc) is 3.16. The van der Waals surface area contributed by atoms with Crippen LogP contribution in [0.15, 0.2) is 65.8 Å². The molecule has 4 aliphatic rings. The molecule has 0 spiro atoms. The highest BCUT2D eigenvalue weighted by atomic mass is 14.4. The van der Waals surface area contributed by atoms with Crippen LogP contribution in [0.2, 0.25) is 5.31 Å². The van der Waals surface area contributed by atoms with E-state index in [0.717, 1.165) is 0 Å². The van der Waals surface area contributed by atoms with Crippen molar-refractivity contribution in [3.05, 3.63) is 71.3 Å². The second-order valence-electron chi connectivity index (χ2n) is 7.58. The van der Waals surface area contributed by atoms with Crippen LogP contribution in [-0.4, -0.2) is 14.6 Å². The number of fused-ring (bicyclic) bond motifs is 7. The quantitative estimate of drug-likeness (QED) is 0.560. The summed E-state index contributed by atoms with van der Waals surface area (Å²) in [6.45, 7) is 2.37. The second-order valence-corrected chi connectivity index (χ2v) is 7.58. The highest BCUT2D eigenvalue weighted by molar-refractivity contribution is 6.74. The van der Waals surface area contributed by atoms with Crippen molar-refractivity contribution in [2.75, 3.05) is 0 Å². The van der Waals surface area contributed by atoms with E-state index < -0.39 is 0 Å². The lowest BCUT2D eigenvalue weighted by molar-refractivity contribution is 0.956. The molecule has 2 aliphatic heterocycles. The van der Waals surface area contributed by atoms with E-state index in [4.69, 9.17) is 0 Å². The molecule has 0 saturated carbocycles. The van der Waals surface area contributed by atoms with Crippen LogP contribution >= 0.6 is 0 Å². The zero-order valence-corrected chi connectivity index (χ0v) is 13.8. The van der Waals surface area contributed by atoms with Gasteiger partial charge in [-0.2, -0.15) is 0 Å². The molecule has 0 N–H and O–H groups in total. The van der Waals surface area contributed by atoms with Crippen molar-refractivity contribution in [3.8, 4) is 11.1 Å². The summed E-state index contributed by atoms with van der Waals surface area (Å²) in [7, 11) is 4.82. The van der Waals surface area contributed by atoms with Gasteiger partial charge in [-0.15, -0.1) is 0 Å². The first-order valence-electron chi connectivity index (χ1n) is 8.85. The number of hydrogen-bond acceptors (Lipinski definition) is 0. The van der Waals surface area contributed by atoms with E-state index in [-0.39, 0.29) is 5.31 Å². The van der Waals surface area contributed by atoms with Gasteiger partial charge in [-0.1, -0.05) is 77.9 Å². The first-order valence-corrected chi connectivity index (χ1v) is 8.85. The fraction of sp³-hybridized carbons (Fsp3) is 0.182. The Hall–Kier alpha value is -2.21. The van der Waals surface area contributed by atoms with Crippen molar-refractivity contribution in [3.63, 3.8) is 0 Å². The van der Waals surface area contributed by atoms with Gasteiger partial charge in [0.15, 0.2) is 14.6 Å². The maximum absolute atomic E-state index is 2.50. The van der Waals surface area contributed by atoms with Crippen LogP contribution in [0.1, 0.15) is 25.3 Å². The molecule has 0 unspecified atom stereocenters. The average molecular weight is 302 g/mol. The lowest BCUT2D eigenvalue weighted by atomic mass is 9.53. The molecule has 2 aromatic carbocycles. The van der Waals surface area contributed by atoms with Crippen LogP contribution in [0.25, 0.3) is 16.7 Å². The molecular weight excluding hydrogens is 286 g/mol. The molecule has 0 bridgehead atoms. The molecule has 2 aliphatic carbocycles. The van der Waals surface area contributed by atoms with Crippen LogP contribution in [0, 0.1) is 0 Å². The zero-order chi connectivity index (χ0) is 15.9. The minimum absolute atomic E-state index is 0.0797. The second kappa shape index (κ2) is 4.25. The highest BCUT2D eigenvalue weighted by Gasteiger charge is 2.44. The Kier molecular flexibility index (Phi) is 2.32. The molecule has 6 rings (SSSR count). The third-order valence-corrected chi connectivity index (χ3v) is 6.00. The van der Waals surface area contributed by atoms with Crippen molar-refractivity contribution >= 4 is 36.5 Å². The normalized spacial score (nSPS) is 24.5. The predicted molar refractivity (Wildman–Crippen MR) is 104 cm³/mol. The summed E-state index contributed by atoms with van der Waals surface area (Å²) in [5, 5.41) is 0.0797. The molecule has 0 aromatic heterocycles. The minimum atomic E-state index is 0.0797. The number of rotatable bonds is 0. The number of allylic oxidation sites excluding steroid dienone is 6. The van der Waals surface area contributed by atoms with Gasteiger partial charge >= 0.3 is 0 Å². The van der Waals surface area contributed by atoms with Crippen LogP contribution in [-0.2, 0) is 0 Å². The topological polar surface area (TPSA) is 0 Å². The molecule has 0 nitrogen and oxygen atoms in total. The molecule has 2 heteroatoms. The molecule has 2 heterocycles. The van der Waals surface area contributed by atoms with Crippen LogP contribution in [0.5, 0.6) is 0 Å². The Morgan fingerprint density at radius 2 is 1.83 bits per heavy atom. The van der Waals surface area contributed by atoms with E-state index in [0.29, 0.717) is 0 Å². The Morgan fingerprint density at radius 1 is 0.958 bits per heavy atom. The summed E-state index contributed by atoms with van der Waals surface area (Å²) in [4.78, 5) is 0. The van der Waals surface area contributed by atoms with Crippen LogP contribution in [0.3, 0.4) is 0 Å². The van der Waals surface area contributed by atoms with Gasteiger partial charge in [-0.25, -0.2) is 0 Å². The van der Waals surface area contributed by atoms with Crippen molar-refractivity contribution in [1.82, 2.24) is 0 Å². The summed E-state index contributed by atoms with van der Waals surface area (Å²) in [6, 6.07) is 13.6. The van der Waals surface area contributed by atoms with Gasteiger partial charge in [0.05, 0.1) is 0 Å². The Bertz CT molecular complexity index is 1020. The molecule has 0 amide bonds. The maximum Gasteiger partial charge on any atom is 0.193 e. The van der Waals surface area contributed by atoms with Crippen molar-refractivity contribution < 1.29 is 0 Å². The summed E-state index contributed by atoms with van der Waals surface area (Å²) in [5.41, 5.74) is 12.9. The first kappa shape index (κ1) is 13.1. The monoisotopic (exact) mass is 302 g/mol. The third-order valence-electron chi connectivity index (χ3n) is 6.00. The van der Waals surface area contributed by atoms with Gasteiger partial charge in [0, 0.05) is 0 Å². The molecular formula is C22H16B2. The highest BCUT2D eigenvalue weighted by Crippen LogP contribution is 2.56. The van der Waals surface area contributed by atoms with Gasteiger partial charge < -0.3 is 0 Å². The molecule has 0 fully saturated rings. The molecule has 1 atom stereocenters.